The second-order valence-corrected chi connectivity index (χ2v) is 5.73. The molecule has 112 valence electrons. The third-order valence-electron chi connectivity index (χ3n) is 4.01. The van der Waals surface area contributed by atoms with Gasteiger partial charge in [-0.05, 0) is 55.1 Å². The molecule has 1 aliphatic carbocycles. The molecular formula is C17H20F2N2. The van der Waals surface area contributed by atoms with Crippen LogP contribution in [-0.4, -0.2) is 11.1 Å². The topological polar surface area (TPSA) is 17.0 Å². The molecule has 0 radical (unpaired) electrons. The minimum atomic E-state index is -0.401. The Kier molecular flexibility index (Phi) is 4.06. The molecule has 1 saturated carbocycles. The average molecular weight is 290 g/mol. The van der Waals surface area contributed by atoms with Crippen LogP contribution in [0.4, 0.5) is 8.78 Å². The molecule has 21 heavy (non-hydrogen) atoms. The summed E-state index contributed by atoms with van der Waals surface area (Å²) in [6.07, 6.45) is 6.51. The van der Waals surface area contributed by atoms with E-state index < -0.39 is 5.82 Å². The highest BCUT2D eigenvalue weighted by Crippen LogP contribution is 2.41. The molecule has 1 heterocycles. The first-order valence-electron chi connectivity index (χ1n) is 7.50. The Morgan fingerprint density at radius 2 is 2.10 bits per heavy atom. The minimum Gasteiger partial charge on any atom is -0.349 e. The van der Waals surface area contributed by atoms with Gasteiger partial charge in [0.15, 0.2) is 0 Å². The van der Waals surface area contributed by atoms with E-state index in [-0.39, 0.29) is 5.82 Å². The van der Waals surface area contributed by atoms with Crippen molar-refractivity contribution in [3.63, 3.8) is 0 Å². The molecular weight excluding hydrogens is 270 g/mol. The molecule has 2 aromatic rings. The lowest BCUT2D eigenvalue weighted by molar-refractivity contribution is 0.495. The molecule has 1 N–H and O–H groups in total. The fourth-order valence-electron chi connectivity index (χ4n) is 2.81. The number of aromatic nitrogens is 1. The zero-order valence-corrected chi connectivity index (χ0v) is 12.2. The van der Waals surface area contributed by atoms with Gasteiger partial charge in [0.2, 0.25) is 0 Å². The molecule has 1 aliphatic rings. The Morgan fingerprint density at radius 1 is 1.29 bits per heavy atom. The number of nitrogens with one attached hydrogen (secondary N) is 1. The van der Waals surface area contributed by atoms with Crippen molar-refractivity contribution in [3.8, 4) is 0 Å². The largest absolute Gasteiger partial charge is 0.349 e. The van der Waals surface area contributed by atoms with Crippen molar-refractivity contribution in [2.24, 2.45) is 5.92 Å². The van der Waals surface area contributed by atoms with Gasteiger partial charge in [-0.3, -0.25) is 0 Å². The highest BCUT2D eigenvalue weighted by atomic mass is 19.1. The Hall–Kier alpha value is -1.68. The van der Waals surface area contributed by atoms with E-state index in [9.17, 15) is 8.78 Å². The van der Waals surface area contributed by atoms with Crippen LogP contribution in [0.5, 0.6) is 0 Å². The van der Waals surface area contributed by atoms with Crippen molar-refractivity contribution in [1.29, 1.82) is 0 Å². The molecule has 0 saturated heterocycles. The molecule has 3 rings (SSSR count). The second-order valence-electron chi connectivity index (χ2n) is 5.73. The highest BCUT2D eigenvalue weighted by molar-refractivity contribution is 5.22. The van der Waals surface area contributed by atoms with E-state index >= 15 is 0 Å². The summed E-state index contributed by atoms with van der Waals surface area (Å²) < 4.78 is 28.8. The molecule has 2 nitrogen and oxygen atoms in total. The fraction of sp³-hybridized carbons (Fsp3) is 0.412. The summed E-state index contributed by atoms with van der Waals surface area (Å²) in [5.41, 5.74) is 1.61. The number of nitrogens with zero attached hydrogens (tertiary/aromatic N) is 1. The first kappa shape index (κ1) is 14.3. The van der Waals surface area contributed by atoms with Crippen molar-refractivity contribution < 1.29 is 8.78 Å². The molecule has 1 fully saturated rings. The summed E-state index contributed by atoms with van der Waals surface area (Å²) in [5.74, 6) is -0.0499. The molecule has 1 aromatic heterocycles. The van der Waals surface area contributed by atoms with Crippen LogP contribution in [0.15, 0.2) is 36.7 Å². The number of rotatable bonds is 6. The van der Waals surface area contributed by atoms with Gasteiger partial charge in [-0.1, -0.05) is 6.92 Å². The molecule has 1 atom stereocenters. The number of hydrogen-bond acceptors (Lipinski definition) is 1. The third kappa shape index (κ3) is 3.32. The first-order chi connectivity index (χ1) is 10.2. The summed E-state index contributed by atoms with van der Waals surface area (Å²) in [4.78, 5) is 0. The van der Waals surface area contributed by atoms with Gasteiger partial charge >= 0.3 is 0 Å². The summed E-state index contributed by atoms with van der Waals surface area (Å²) in [5, 5.41) is 3.51. The van der Waals surface area contributed by atoms with Crippen LogP contribution >= 0.6 is 0 Å². The van der Waals surface area contributed by atoms with Gasteiger partial charge in [0.1, 0.15) is 11.6 Å². The van der Waals surface area contributed by atoms with Gasteiger partial charge in [-0.2, -0.15) is 0 Å². The van der Waals surface area contributed by atoms with Crippen molar-refractivity contribution in [2.75, 3.05) is 6.54 Å². The quantitative estimate of drug-likeness (QED) is 0.854. The normalized spacial score (nSPS) is 16.1. The maximum absolute atomic E-state index is 13.7. The Labute approximate surface area is 123 Å². The van der Waals surface area contributed by atoms with Crippen molar-refractivity contribution in [3.05, 3.63) is 59.4 Å². The summed E-state index contributed by atoms with van der Waals surface area (Å²) in [6, 6.07) is 6.05. The van der Waals surface area contributed by atoms with Crippen LogP contribution in [0, 0.1) is 17.6 Å². The molecule has 0 amide bonds. The van der Waals surface area contributed by atoms with E-state index in [0.29, 0.717) is 24.1 Å². The van der Waals surface area contributed by atoms with E-state index in [1.54, 1.807) is 0 Å². The van der Waals surface area contributed by atoms with E-state index in [1.165, 1.54) is 30.5 Å². The van der Waals surface area contributed by atoms with Crippen LogP contribution in [0.2, 0.25) is 0 Å². The van der Waals surface area contributed by atoms with E-state index in [4.69, 9.17) is 0 Å². The van der Waals surface area contributed by atoms with Crippen LogP contribution < -0.4 is 5.32 Å². The fourth-order valence-corrected chi connectivity index (χ4v) is 2.81. The summed E-state index contributed by atoms with van der Waals surface area (Å²) in [7, 11) is 0. The maximum atomic E-state index is 13.7. The minimum absolute atomic E-state index is 0.354. The van der Waals surface area contributed by atoms with E-state index in [0.717, 1.165) is 12.6 Å². The van der Waals surface area contributed by atoms with Crippen LogP contribution in [-0.2, 0) is 6.54 Å². The standard InChI is InChI=1S/C17H20F2N2/c1-2-20-17(12-3-4-12)13-7-8-21(10-13)11-14-9-15(18)5-6-16(14)19/h5-10,12,17,20H,2-4,11H2,1H3. The predicted molar refractivity (Wildman–Crippen MR) is 79.0 cm³/mol. The number of hydrogen-bond donors (Lipinski definition) is 1. The first-order valence-corrected chi connectivity index (χ1v) is 7.50. The van der Waals surface area contributed by atoms with Gasteiger partial charge in [0.25, 0.3) is 0 Å². The molecule has 0 spiro atoms. The summed E-state index contributed by atoms with van der Waals surface area (Å²) >= 11 is 0. The third-order valence-corrected chi connectivity index (χ3v) is 4.01. The Morgan fingerprint density at radius 3 is 2.81 bits per heavy atom. The van der Waals surface area contributed by atoms with Gasteiger partial charge in [0.05, 0.1) is 0 Å². The van der Waals surface area contributed by atoms with Crippen LogP contribution in [0.25, 0.3) is 0 Å². The SMILES string of the molecule is CCNC(c1ccn(Cc2cc(F)ccc2F)c1)C1CC1. The van der Waals surface area contributed by atoms with Crippen LogP contribution in [0.1, 0.15) is 36.9 Å². The lowest BCUT2D eigenvalue weighted by atomic mass is 10.1. The maximum Gasteiger partial charge on any atom is 0.128 e. The zero-order chi connectivity index (χ0) is 14.8. The van der Waals surface area contributed by atoms with Crippen molar-refractivity contribution in [1.82, 2.24) is 9.88 Å². The molecule has 1 unspecified atom stereocenters. The van der Waals surface area contributed by atoms with Gasteiger partial charge in [-0.25, -0.2) is 8.78 Å². The summed E-state index contributed by atoms with van der Waals surface area (Å²) in [6.45, 7) is 3.40. The predicted octanol–water partition coefficient (Wildman–Crippen LogP) is 3.88. The Balaban J connectivity index is 1.76. The van der Waals surface area contributed by atoms with Gasteiger partial charge < -0.3 is 9.88 Å². The van der Waals surface area contributed by atoms with Crippen molar-refractivity contribution in [2.45, 2.75) is 32.4 Å². The molecule has 4 heteroatoms. The lowest BCUT2D eigenvalue weighted by Gasteiger charge is -2.15. The van der Waals surface area contributed by atoms with Crippen molar-refractivity contribution >= 4 is 0 Å². The van der Waals surface area contributed by atoms with Gasteiger partial charge in [0, 0.05) is 30.5 Å². The smallest absolute Gasteiger partial charge is 0.128 e. The number of halogens is 2. The second kappa shape index (κ2) is 5.98. The Bertz CT molecular complexity index is 617. The average Bonchev–Trinajstić information content (AvgIpc) is 3.20. The zero-order valence-electron chi connectivity index (χ0n) is 12.2. The lowest BCUT2D eigenvalue weighted by Crippen LogP contribution is -2.22. The molecule has 0 aliphatic heterocycles. The molecule has 1 aromatic carbocycles. The van der Waals surface area contributed by atoms with E-state index in [2.05, 4.69) is 18.3 Å². The highest BCUT2D eigenvalue weighted by Gasteiger charge is 2.32. The van der Waals surface area contributed by atoms with Crippen LogP contribution in [0.3, 0.4) is 0 Å². The number of benzene rings is 1. The van der Waals surface area contributed by atoms with E-state index in [1.807, 2.05) is 17.0 Å². The van der Waals surface area contributed by atoms with Gasteiger partial charge in [-0.15, -0.1) is 0 Å². The molecule has 0 bridgehead atoms. The monoisotopic (exact) mass is 290 g/mol.